The summed E-state index contributed by atoms with van der Waals surface area (Å²) in [6.07, 6.45) is -2.53. The Hall–Kier alpha value is -1.53. The van der Waals surface area contributed by atoms with Crippen LogP contribution in [0, 0.1) is 6.92 Å². The zero-order valence-electron chi connectivity index (χ0n) is 10.8. The minimum absolute atomic E-state index is 0.0473. The van der Waals surface area contributed by atoms with Gasteiger partial charge in [0.15, 0.2) is 0 Å². The van der Waals surface area contributed by atoms with Crippen LogP contribution < -0.4 is 5.32 Å². The highest BCUT2D eigenvalue weighted by Gasteiger charge is 2.15. The standard InChI is InChI=1S/C13H18F2N2O2/c1-10-2-4-11(5-3-10)16-13(19)9-17(6-7-18)8-12(14)15/h2-5,12,18H,6-9H2,1H3,(H,16,19). The molecule has 2 N–H and O–H groups in total. The molecule has 0 aliphatic rings. The van der Waals surface area contributed by atoms with Gasteiger partial charge in [0, 0.05) is 12.2 Å². The second kappa shape index (κ2) is 7.81. The number of aryl methyl sites for hydroxylation is 1. The molecule has 0 radical (unpaired) electrons. The van der Waals surface area contributed by atoms with Gasteiger partial charge >= 0.3 is 0 Å². The largest absolute Gasteiger partial charge is 0.395 e. The third kappa shape index (κ3) is 6.26. The van der Waals surface area contributed by atoms with E-state index in [1.807, 2.05) is 19.1 Å². The molecule has 19 heavy (non-hydrogen) atoms. The first-order valence-corrected chi connectivity index (χ1v) is 5.99. The quantitative estimate of drug-likeness (QED) is 0.790. The lowest BCUT2D eigenvalue weighted by atomic mass is 10.2. The molecule has 1 aromatic carbocycles. The van der Waals surface area contributed by atoms with Crippen LogP contribution in [0.1, 0.15) is 5.56 Å². The number of rotatable bonds is 7. The smallest absolute Gasteiger partial charge is 0.251 e. The highest BCUT2D eigenvalue weighted by Crippen LogP contribution is 2.08. The summed E-state index contributed by atoms with van der Waals surface area (Å²) in [6, 6.07) is 7.19. The molecule has 0 saturated carbocycles. The van der Waals surface area contributed by atoms with Crippen molar-refractivity contribution in [1.82, 2.24) is 4.90 Å². The van der Waals surface area contributed by atoms with E-state index in [1.165, 1.54) is 4.90 Å². The van der Waals surface area contributed by atoms with E-state index in [4.69, 9.17) is 5.11 Å². The van der Waals surface area contributed by atoms with Crippen molar-refractivity contribution in [3.8, 4) is 0 Å². The van der Waals surface area contributed by atoms with E-state index in [0.717, 1.165) is 5.56 Å². The lowest BCUT2D eigenvalue weighted by molar-refractivity contribution is -0.117. The summed E-state index contributed by atoms with van der Waals surface area (Å²) in [7, 11) is 0. The summed E-state index contributed by atoms with van der Waals surface area (Å²) in [5.41, 5.74) is 1.69. The van der Waals surface area contributed by atoms with Crippen LogP contribution >= 0.6 is 0 Å². The van der Waals surface area contributed by atoms with Crippen molar-refractivity contribution in [3.05, 3.63) is 29.8 Å². The average molecular weight is 272 g/mol. The van der Waals surface area contributed by atoms with E-state index in [-0.39, 0.29) is 25.6 Å². The van der Waals surface area contributed by atoms with Crippen LogP contribution in [0.3, 0.4) is 0 Å². The first-order chi connectivity index (χ1) is 9.01. The molecule has 0 atom stereocenters. The van der Waals surface area contributed by atoms with Gasteiger partial charge in [0.05, 0.1) is 19.7 Å². The Kier molecular flexibility index (Phi) is 6.38. The van der Waals surface area contributed by atoms with Crippen molar-refractivity contribution in [3.63, 3.8) is 0 Å². The molecule has 1 aromatic rings. The molecule has 106 valence electrons. The minimum Gasteiger partial charge on any atom is -0.395 e. The summed E-state index contributed by atoms with van der Waals surface area (Å²) in [5, 5.41) is 11.4. The summed E-state index contributed by atoms with van der Waals surface area (Å²) in [5.74, 6) is -0.377. The monoisotopic (exact) mass is 272 g/mol. The number of amides is 1. The number of anilines is 1. The fraction of sp³-hybridized carbons (Fsp3) is 0.462. The predicted octanol–water partition coefficient (Wildman–Crippen LogP) is 1.49. The van der Waals surface area contributed by atoms with E-state index in [2.05, 4.69) is 5.32 Å². The summed E-state index contributed by atoms with van der Waals surface area (Å²) in [6.45, 7) is 1.02. The SMILES string of the molecule is Cc1ccc(NC(=O)CN(CCO)CC(F)F)cc1. The van der Waals surface area contributed by atoms with E-state index in [9.17, 15) is 13.6 Å². The van der Waals surface area contributed by atoms with E-state index in [0.29, 0.717) is 5.69 Å². The van der Waals surface area contributed by atoms with Gasteiger partial charge < -0.3 is 10.4 Å². The molecule has 1 rings (SSSR count). The predicted molar refractivity (Wildman–Crippen MR) is 69.3 cm³/mol. The van der Waals surface area contributed by atoms with Crippen LogP contribution in [0.15, 0.2) is 24.3 Å². The lowest BCUT2D eigenvalue weighted by Crippen LogP contribution is -2.38. The number of carbonyl (C=O) groups excluding carboxylic acids is 1. The molecular weight excluding hydrogens is 254 g/mol. The molecule has 0 heterocycles. The van der Waals surface area contributed by atoms with Gasteiger partial charge in [0.2, 0.25) is 5.91 Å². The molecule has 0 fully saturated rings. The van der Waals surface area contributed by atoms with Crippen LogP contribution in [0.2, 0.25) is 0 Å². The lowest BCUT2D eigenvalue weighted by Gasteiger charge is -2.20. The number of nitrogens with zero attached hydrogens (tertiary/aromatic N) is 1. The van der Waals surface area contributed by atoms with E-state index in [1.54, 1.807) is 12.1 Å². The molecule has 0 spiro atoms. The molecular formula is C13H18F2N2O2. The van der Waals surface area contributed by atoms with Crippen molar-refractivity contribution in [2.24, 2.45) is 0 Å². The van der Waals surface area contributed by atoms with Crippen LogP contribution in [-0.4, -0.2) is 48.6 Å². The Balaban J connectivity index is 2.49. The maximum Gasteiger partial charge on any atom is 0.251 e. The van der Waals surface area contributed by atoms with Crippen LogP contribution in [0.25, 0.3) is 0 Å². The molecule has 6 heteroatoms. The highest BCUT2D eigenvalue weighted by atomic mass is 19.3. The van der Waals surface area contributed by atoms with Crippen molar-refractivity contribution in [1.29, 1.82) is 0 Å². The Morgan fingerprint density at radius 3 is 2.53 bits per heavy atom. The molecule has 0 aliphatic carbocycles. The van der Waals surface area contributed by atoms with Crippen molar-refractivity contribution in [2.45, 2.75) is 13.3 Å². The molecule has 0 unspecified atom stereocenters. The van der Waals surface area contributed by atoms with Gasteiger partial charge in [0.1, 0.15) is 0 Å². The summed E-state index contributed by atoms with van der Waals surface area (Å²) in [4.78, 5) is 12.9. The second-order valence-corrected chi connectivity index (χ2v) is 4.26. The number of hydrogen-bond acceptors (Lipinski definition) is 3. The van der Waals surface area contributed by atoms with Crippen LogP contribution in [-0.2, 0) is 4.79 Å². The maximum absolute atomic E-state index is 12.3. The normalized spacial score (nSPS) is 11.1. The summed E-state index contributed by atoms with van der Waals surface area (Å²) < 4.78 is 24.5. The van der Waals surface area contributed by atoms with Gasteiger partial charge in [-0.2, -0.15) is 0 Å². The molecule has 0 bridgehead atoms. The van der Waals surface area contributed by atoms with Gasteiger partial charge in [-0.25, -0.2) is 8.78 Å². The van der Waals surface area contributed by atoms with Crippen molar-refractivity contribution < 1.29 is 18.7 Å². The van der Waals surface area contributed by atoms with Gasteiger partial charge in [-0.15, -0.1) is 0 Å². The molecule has 0 aliphatic heterocycles. The molecule has 0 saturated heterocycles. The number of hydrogen-bond donors (Lipinski definition) is 2. The maximum atomic E-state index is 12.3. The Morgan fingerprint density at radius 1 is 1.37 bits per heavy atom. The zero-order chi connectivity index (χ0) is 14.3. The van der Waals surface area contributed by atoms with E-state index >= 15 is 0 Å². The fourth-order valence-corrected chi connectivity index (χ4v) is 1.61. The van der Waals surface area contributed by atoms with Gasteiger partial charge in [-0.05, 0) is 19.1 Å². The Morgan fingerprint density at radius 2 is 2.00 bits per heavy atom. The molecule has 1 amide bonds. The average Bonchev–Trinajstić information content (AvgIpc) is 2.31. The first kappa shape index (κ1) is 15.5. The molecule has 0 aromatic heterocycles. The zero-order valence-corrected chi connectivity index (χ0v) is 10.8. The topological polar surface area (TPSA) is 52.6 Å². The number of halogens is 2. The fourth-order valence-electron chi connectivity index (χ4n) is 1.61. The van der Waals surface area contributed by atoms with Gasteiger partial charge in [-0.3, -0.25) is 9.69 Å². The number of aliphatic hydroxyl groups excluding tert-OH is 1. The number of aliphatic hydroxyl groups is 1. The first-order valence-electron chi connectivity index (χ1n) is 5.99. The number of benzene rings is 1. The summed E-state index contributed by atoms with van der Waals surface area (Å²) >= 11 is 0. The number of carbonyl (C=O) groups is 1. The highest BCUT2D eigenvalue weighted by molar-refractivity contribution is 5.92. The van der Waals surface area contributed by atoms with Crippen LogP contribution in [0.5, 0.6) is 0 Å². The van der Waals surface area contributed by atoms with Crippen LogP contribution in [0.4, 0.5) is 14.5 Å². The van der Waals surface area contributed by atoms with Crippen molar-refractivity contribution in [2.75, 3.05) is 31.6 Å². The number of nitrogens with one attached hydrogen (secondary N) is 1. The third-order valence-corrected chi connectivity index (χ3v) is 2.51. The Labute approximate surface area is 111 Å². The Bertz CT molecular complexity index is 396. The third-order valence-electron chi connectivity index (χ3n) is 2.51. The van der Waals surface area contributed by atoms with Gasteiger partial charge in [0.25, 0.3) is 6.43 Å². The molecule has 4 nitrogen and oxygen atoms in total. The van der Waals surface area contributed by atoms with E-state index < -0.39 is 13.0 Å². The minimum atomic E-state index is -2.53. The number of alkyl halides is 2. The van der Waals surface area contributed by atoms with Crippen molar-refractivity contribution >= 4 is 11.6 Å². The van der Waals surface area contributed by atoms with Gasteiger partial charge in [-0.1, -0.05) is 17.7 Å². The second-order valence-electron chi connectivity index (χ2n) is 4.26.